The second kappa shape index (κ2) is 8.44. The second-order valence-electron chi connectivity index (χ2n) is 5.06. The van der Waals surface area contributed by atoms with E-state index in [1.807, 2.05) is 12.1 Å². The molecule has 2 rings (SSSR count). The van der Waals surface area contributed by atoms with E-state index in [1.54, 1.807) is 26.4 Å². The Labute approximate surface area is 130 Å². The lowest BCUT2D eigenvalue weighted by atomic mass is 10.1. The summed E-state index contributed by atoms with van der Waals surface area (Å²) >= 11 is 0. The SMILES string of the molecule is COc1ccc(/C=C/C(=O)OCC2CCCCO2)c(OC)c1. The van der Waals surface area contributed by atoms with Gasteiger partial charge in [-0.3, -0.25) is 0 Å². The minimum absolute atomic E-state index is 0.0293. The van der Waals surface area contributed by atoms with Gasteiger partial charge in [-0.15, -0.1) is 0 Å². The molecule has 0 bridgehead atoms. The predicted octanol–water partition coefficient (Wildman–Crippen LogP) is 2.83. The van der Waals surface area contributed by atoms with Crippen molar-refractivity contribution in [1.29, 1.82) is 0 Å². The van der Waals surface area contributed by atoms with E-state index in [9.17, 15) is 4.79 Å². The van der Waals surface area contributed by atoms with Crippen LogP contribution < -0.4 is 9.47 Å². The lowest BCUT2D eigenvalue weighted by Crippen LogP contribution is -2.25. The van der Waals surface area contributed by atoms with Crippen molar-refractivity contribution in [3.8, 4) is 11.5 Å². The van der Waals surface area contributed by atoms with Crippen LogP contribution in [0.3, 0.4) is 0 Å². The molecule has 0 aromatic heterocycles. The molecule has 5 heteroatoms. The maximum atomic E-state index is 11.8. The molecular weight excluding hydrogens is 284 g/mol. The zero-order valence-corrected chi connectivity index (χ0v) is 13.0. The minimum Gasteiger partial charge on any atom is -0.497 e. The quantitative estimate of drug-likeness (QED) is 0.597. The Kier molecular flexibility index (Phi) is 6.27. The number of carbonyl (C=O) groups excluding carboxylic acids is 1. The summed E-state index contributed by atoms with van der Waals surface area (Å²) in [5, 5.41) is 0. The van der Waals surface area contributed by atoms with Gasteiger partial charge in [0.1, 0.15) is 18.1 Å². The minimum atomic E-state index is -0.382. The Bertz CT molecular complexity index is 518. The van der Waals surface area contributed by atoms with Gasteiger partial charge in [0.15, 0.2) is 0 Å². The number of benzene rings is 1. The number of hydrogen-bond acceptors (Lipinski definition) is 5. The first-order chi connectivity index (χ1) is 10.7. The first kappa shape index (κ1) is 16.4. The van der Waals surface area contributed by atoms with Crippen LogP contribution in [0.5, 0.6) is 11.5 Å². The van der Waals surface area contributed by atoms with Crippen molar-refractivity contribution in [3.63, 3.8) is 0 Å². The van der Waals surface area contributed by atoms with Gasteiger partial charge in [0.2, 0.25) is 0 Å². The van der Waals surface area contributed by atoms with E-state index in [0.717, 1.165) is 31.4 Å². The molecule has 1 fully saturated rings. The summed E-state index contributed by atoms with van der Waals surface area (Å²) in [6.45, 7) is 1.06. The lowest BCUT2D eigenvalue weighted by molar-refractivity contribution is -0.143. The molecule has 1 aromatic rings. The number of methoxy groups -OCH3 is 2. The van der Waals surface area contributed by atoms with Gasteiger partial charge in [-0.1, -0.05) is 0 Å². The van der Waals surface area contributed by atoms with Gasteiger partial charge >= 0.3 is 5.97 Å². The van der Waals surface area contributed by atoms with Crippen molar-refractivity contribution in [2.24, 2.45) is 0 Å². The average molecular weight is 306 g/mol. The summed E-state index contributed by atoms with van der Waals surface area (Å²) in [5.74, 6) is 0.956. The van der Waals surface area contributed by atoms with E-state index in [0.29, 0.717) is 18.1 Å². The van der Waals surface area contributed by atoms with E-state index >= 15 is 0 Å². The van der Waals surface area contributed by atoms with Crippen LogP contribution in [-0.4, -0.2) is 39.5 Å². The van der Waals surface area contributed by atoms with Crippen LogP contribution in [0.4, 0.5) is 0 Å². The molecule has 22 heavy (non-hydrogen) atoms. The van der Waals surface area contributed by atoms with Gasteiger partial charge < -0.3 is 18.9 Å². The molecule has 0 amide bonds. The molecule has 0 aliphatic carbocycles. The molecule has 1 heterocycles. The maximum Gasteiger partial charge on any atom is 0.330 e. The molecule has 0 radical (unpaired) electrons. The van der Waals surface area contributed by atoms with E-state index in [-0.39, 0.29) is 12.1 Å². The van der Waals surface area contributed by atoms with Crippen LogP contribution in [0.25, 0.3) is 6.08 Å². The van der Waals surface area contributed by atoms with Gasteiger partial charge in [0.25, 0.3) is 0 Å². The fourth-order valence-corrected chi connectivity index (χ4v) is 2.28. The van der Waals surface area contributed by atoms with E-state index in [2.05, 4.69) is 0 Å². The molecule has 5 nitrogen and oxygen atoms in total. The summed E-state index contributed by atoms with van der Waals surface area (Å²) in [6.07, 6.45) is 6.25. The number of ether oxygens (including phenoxy) is 4. The fourth-order valence-electron chi connectivity index (χ4n) is 2.28. The van der Waals surface area contributed by atoms with Gasteiger partial charge in [-0.2, -0.15) is 0 Å². The number of rotatable bonds is 6. The van der Waals surface area contributed by atoms with Gasteiger partial charge in [0.05, 0.1) is 20.3 Å². The van der Waals surface area contributed by atoms with Crippen LogP contribution in [0.1, 0.15) is 24.8 Å². The van der Waals surface area contributed by atoms with Crippen LogP contribution in [0.15, 0.2) is 24.3 Å². The topological polar surface area (TPSA) is 54.0 Å². The summed E-state index contributed by atoms with van der Waals surface area (Å²) in [5.41, 5.74) is 0.786. The second-order valence-corrected chi connectivity index (χ2v) is 5.06. The smallest absolute Gasteiger partial charge is 0.330 e. The first-order valence-electron chi connectivity index (χ1n) is 7.41. The lowest BCUT2D eigenvalue weighted by Gasteiger charge is -2.21. The molecule has 0 N–H and O–H groups in total. The van der Waals surface area contributed by atoms with Crippen molar-refractivity contribution in [2.75, 3.05) is 27.4 Å². The van der Waals surface area contributed by atoms with Crippen LogP contribution in [0.2, 0.25) is 0 Å². The van der Waals surface area contributed by atoms with Gasteiger partial charge in [0, 0.05) is 24.3 Å². The van der Waals surface area contributed by atoms with Crippen molar-refractivity contribution in [3.05, 3.63) is 29.8 Å². The van der Waals surface area contributed by atoms with Crippen LogP contribution >= 0.6 is 0 Å². The highest BCUT2D eigenvalue weighted by molar-refractivity contribution is 5.87. The largest absolute Gasteiger partial charge is 0.497 e. The Hall–Kier alpha value is -2.01. The van der Waals surface area contributed by atoms with E-state index in [1.165, 1.54) is 6.08 Å². The predicted molar refractivity (Wildman–Crippen MR) is 83.1 cm³/mol. The third-order valence-electron chi connectivity index (χ3n) is 3.53. The molecule has 1 atom stereocenters. The summed E-state index contributed by atoms with van der Waals surface area (Å²) in [6, 6.07) is 5.40. The molecule has 0 saturated carbocycles. The first-order valence-corrected chi connectivity index (χ1v) is 7.41. The molecule has 0 spiro atoms. The molecular formula is C17H22O5. The number of esters is 1. The fraction of sp³-hybridized carbons (Fsp3) is 0.471. The molecule has 1 aliphatic rings. The number of hydrogen-bond donors (Lipinski definition) is 0. The molecule has 120 valence electrons. The molecule has 1 unspecified atom stereocenters. The summed E-state index contributed by atoms with van der Waals surface area (Å²) in [7, 11) is 3.17. The van der Waals surface area contributed by atoms with E-state index < -0.39 is 0 Å². The molecule has 1 aliphatic heterocycles. The van der Waals surface area contributed by atoms with E-state index in [4.69, 9.17) is 18.9 Å². The monoisotopic (exact) mass is 306 g/mol. The van der Waals surface area contributed by atoms with Gasteiger partial charge in [-0.05, 0) is 37.5 Å². The Morgan fingerprint density at radius 1 is 1.32 bits per heavy atom. The Morgan fingerprint density at radius 2 is 2.18 bits per heavy atom. The van der Waals surface area contributed by atoms with Crippen molar-refractivity contribution >= 4 is 12.0 Å². The van der Waals surface area contributed by atoms with Gasteiger partial charge in [-0.25, -0.2) is 4.79 Å². The standard InChI is InChI=1S/C17H22O5/c1-19-14-8-6-13(16(11-14)20-2)7-9-17(18)22-12-15-5-3-4-10-21-15/h6-9,11,15H,3-5,10,12H2,1-2H3/b9-7+. The summed E-state index contributed by atoms with van der Waals surface area (Å²) < 4.78 is 21.1. The van der Waals surface area contributed by atoms with Crippen molar-refractivity contribution < 1.29 is 23.7 Å². The maximum absolute atomic E-state index is 11.8. The van der Waals surface area contributed by atoms with Crippen molar-refractivity contribution in [1.82, 2.24) is 0 Å². The highest BCUT2D eigenvalue weighted by Crippen LogP contribution is 2.25. The zero-order valence-electron chi connectivity index (χ0n) is 13.0. The summed E-state index contributed by atoms with van der Waals surface area (Å²) in [4.78, 5) is 11.8. The third-order valence-corrected chi connectivity index (χ3v) is 3.53. The normalized spacial score (nSPS) is 18.2. The Morgan fingerprint density at radius 3 is 2.86 bits per heavy atom. The molecule has 1 saturated heterocycles. The highest BCUT2D eigenvalue weighted by atomic mass is 16.6. The third kappa shape index (κ3) is 4.77. The van der Waals surface area contributed by atoms with Crippen LogP contribution in [-0.2, 0) is 14.3 Å². The number of carbonyl (C=O) groups is 1. The average Bonchev–Trinajstić information content (AvgIpc) is 2.58. The van der Waals surface area contributed by atoms with Crippen molar-refractivity contribution in [2.45, 2.75) is 25.4 Å². The Balaban J connectivity index is 1.88. The van der Waals surface area contributed by atoms with Crippen LogP contribution in [0, 0.1) is 0 Å². The highest BCUT2D eigenvalue weighted by Gasteiger charge is 2.15. The zero-order chi connectivity index (χ0) is 15.8. The molecule has 1 aromatic carbocycles.